The summed E-state index contributed by atoms with van der Waals surface area (Å²) < 4.78 is 3.82. The minimum atomic E-state index is -1.81. The molecule has 0 aliphatic rings. The lowest BCUT2D eigenvalue weighted by atomic mass is 10.3. The van der Waals surface area contributed by atoms with E-state index in [2.05, 4.69) is 4.74 Å². The van der Waals surface area contributed by atoms with Crippen LogP contribution in [0.3, 0.4) is 0 Å². The number of esters is 2. The zero-order valence-corrected chi connectivity index (χ0v) is 7.10. The molecule has 0 radical (unpaired) electrons. The van der Waals surface area contributed by atoms with Crippen LogP contribution in [0.4, 0.5) is 0 Å². The van der Waals surface area contributed by atoms with Crippen LogP contribution in [0, 0.1) is 0 Å². The molecule has 0 heterocycles. The van der Waals surface area contributed by atoms with Gasteiger partial charge in [-0.2, -0.15) is 0 Å². The summed E-state index contributed by atoms with van der Waals surface area (Å²) >= 11 is 0. The third-order valence-electron chi connectivity index (χ3n) is 1.04. The molecule has 1 N–H and O–H groups in total. The van der Waals surface area contributed by atoms with Gasteiger partial charge in [0.15, 0.2) is 0 Å². The molecule has 0 unspecified atom stereocenters. The number of Topliss-reactive ketones (excluding diaryl/α,β-unsaturated/α-hetero) is 2. The van der Waals surface area contributed by atoms with Gasteiger partial charge < -0.3 is 9.84 Å². The van der Waals surface area contributed by atoms with Crippen LogP contribution in [0.15, 0.2) is 0 Å². The number of aliphatic carboxylic acids is 1. The lowest BCUT2D eigenvalue weighted by molar-refractivity contribution is -0.165. The van der Waals surface area contributed by atoms with E-state index in [0.717, 1.165) is 6.92 Å². The molecule has 0 aliphatic carbocycles. The Hall–Kier alpha value is -2.05. The number of hydrogen-bond acceptors (Lipinski definition) is 6. The van der Waals surface area contributed by atoms with E-state index in [4.69, 9.17) is 5.11 Å². The molecule has 0 aromatic heterocycles. The van der Waals surface area contributed by atoms with Crippen molar-refractivity contribution in [3.63, 3.8) is 0 Å². The maximum absolute atomic E-state index is 10.6. The van der Waals surface area contributed by atoms with Crippen molar-refractivity contribution in [1.82, 2.24) is 0 Å². The smallest absolute Gasteiger partial charge is 0.381 e. The number of ketones is 2. The van der Waals surface area contributed by atoms with Gasteiger partial charge >= 0.3 is 17.9 Å². The fourth-order valence-electron chi connectivity index (χ4n) is 0.418. The Morgan fingerprint density at radius 1 is 1.14 bits per heavy atom. The minimum Gasteiger partial charge on any atom is -0.475 e. The number of rotatable bonds is 4. The Morgan fingerprint density at radius 2 is 1.64 bits per heavy atom. The molecular weight excluding hydrogens is 196 g/mol. The maximum Gasteiger partial charge on any atom is 0.381 e. The zero-order chi connectivity index (χ0) is 11.3. The second kappa shape index (κ2) is 4.85. The first-order valence-electron chi connectivity index (χ1n) is 3.36. The molecule has 0 fully saturated rings. The standard InChI is InChI=1S/C7H6O7/c1-3(8)7(13)14-5(10)2-4(9)6(11)12/h2H2,1H3,(H,11,12). The van der Waals surface area contributed by atoms with Gasteiger partial charge in [0.05, 0.1) is 0 Å². The molecule has 0 spiro atoms. The second-order valence-corrected chi connectivity index (χ2v) is 2.22. The van der Waals surface area contributed by atoms with Crippen LogP contribution in [-0.4, -0.2) is 34.6 Å². The van der Waals surface area contributed by atoms with Gasteiger partial charge in [0.25, 0.3) is 5.78 Å². The van der Waals surface area contributed by atoms with Gasteiger partial charge in [-0.05, 0) is 0 Å². The van der Waals surface area contributed by atoms with Gasteiger partial charge in [0.1, 0.15) is 6.42 Å². The molecule has 7 nitrogen and oxygen atoms in total. The minimum absolute atomic E-state index is 0.870. The Labute approximate surface area is 77.6 Å². The van der Waals surface area contributed by atoms with Crippen LogP contribution in [0.5, 0.6) is 0 Å². The van der Waals surface area contributed by atoms with Crippen molar-refractivity contribution >= 4 is 29.5 Å². The summed E-state index contributed by atoms with van der Waals surface area (Å²) in [4.78, 5) is 51.7. The highest BCUT2D eigenvalue weighted by molar-refractivity contribution is 6.38. The molecule has 0 saturated heterocycles. The van der Waals surface area contributed by atoms with Gasteiger partial charge in [-0.3, -0.25) is 14.4 Å². The molecule has 0 aliphatic heterocycles. The van der Waals surface area contributed by atoms with E-state index >= 15 is 0 Å². The summed E-state index contributed by atoms with van der Waals surface area (Å²) in [5.74, 6) is -7.02. The topological polar surface area (TPSA) is 115 Å². The first kappa shape index (κ1) is 11.9. The van der Waals surface area contributed by atoms with Crippen molar-refractivity contribution < 1.29 is 33.8 Å². The average Bonchev–Trinajstić information content (AvgIpc) is 2.03. The number of hydrogen-bond donors (Lipinski definition) is 1. The van der Waals surface area contributed by atoms with Crippen molar-refractivity contribution in [2.75, 3.05) is 0 Å². The van der Waals surface area contributed by atoms with Gasteiger partial charge in [-0.25, -0.2) is 9.59 Å². The van der Waals surface area contributed by atoms with E-state index in [0.29, 0.717) is 0 Å². The van der Waals surface area contributed by atoms with Gasteiger partial charge in [-0.15, -0.1) is 0 Å². The highest BCUT2D eigenvalue weighted by Crippen LogP contribution is 1.90. The van der Waals surface area contributed by atoms with E-state index < -0.39 is 35.9 Å². The Balaban J connectivity index is 4.12. The van der Waals surface area contributed by atoms with E-state index in [9.17, 15) is 24.0 Å². The predicted molar refractivity (Wildman–Crippen MR) is 39.0 cm³/mol. The lowest BCUT2D eigenvalue weighted by Crippen LogP contribution is -2.23. The maximum atomic E-state index is 10.6. The fourth-order valence-corrected chi connectivity index (χ4v) is 0.418. The number of carboxylic acids is 1. The lowest BCUT2D eigenvalue weighted by Gasteiger charge is -1.97. The van der Waals surface area contributed by atoms with Gasteiger partial charge in [0.2, 0.25) is 5.78 Å². The number of ether oxygens (including phenoxy) is 1. The van der Waals surface area contributed by atoms with Crippen LogP contribution in [0.2, 0.25) is 0 Å². The Bertz CT molecular complexity index is 284. The van der Waals surface area contributed by atoms with Crippen LogP contribution in [0.25, 0.3) is 0 Å². The molecule has 0 amide bonds. The summed E-state index contributed by atoms with van der Waals surface area (Å²) in [6, 6.07) is 0. The second-order valence-electron chi connectivity index (χ2n) is 2.22. The SMILES string of the molecule is CC(=O)C(=O)OC(=O)CC(=O)C(=O)O. The van der Waals surface area contributed by atoms with E-state index in [1.165, 1.54) is 0 Å². The van der Waals surface area contributed by atoms with Crippen molar-refractivity contribution in [1.29, 1.82) is 0 Å². The molecule has 0 saturated carbocycles. The summed E-state index contributed by atoms with van der Waals surface area (Å²) in [7, 11) is 0. The van der Waals surface area contributed by atoms with Crippen molar-refractivity contribution in [3.05, 3.63) is 0 Å². The highest BCUT2D eigenvalue weighted by atomic mass is 16.6. The first-order chi connectivity index (χ1) is 6.34. The van der Waals surface area contributed by atoms with Crippen molar-refractivity contribution in [3.8, 4) is 0 Å². The Kier molecular flexibility index (Phi) is 4.14. The van der Waals surface area contributed by atoms with Gasteiger partial charge in [0, 0.05) is 6.92 Å². The molecule has 0 aromatic rings. The summed E-state index contributed by atoms with van der Waals surface area (Å²) in [5.41, 5.74) is 0. The fraction of sp³-hybridized carbons (Fsp3) is 0.286. The first-order valence-corrected chi connectivity index (χ1v) is 3.36. The van der Waals surface area contributed by atoms with Crippen LogP contribution >= 0.6 is 0 Å². The largest absolute Gasteiger partial charge is 0.475 e. The summed E-state index contributed by atoms with van der Waals surface area (Å²) in [6.07, 6.45) is -1.08. The monoisotopic (exact) mass is 202 g/mol. The molecule has 0 aromatic carbocycles. The Morgan fingerprint density at radius 3 is 2.00 bits per heavy atom. The molecule has 0 atom stereocenters. The van der Waals surface area contributed by atoms with Gasteiger partial charge in [-0.1, -0.05) is 0 Å². The quantitative estimate of drug-likeness (QED) is 0.341. The molecule has 14 heavy (non-hydrogen) atoms. The van der Waals surface area contributed by atoms with Crippen LogP contribution in [0.1, 0.15) is 13.3 Å². The van der Waals surface area contributed by atoms with E-state index in [1.54, 1.807) is 0 Å². The molecule has 76 valence electrons. The molecule has 0 rings (SSSR count). The third-order valence-corrected chi connectivity index (χ3v) is 1.04. The number of carbonyl (C=O) groups excluding carboxylic acids is 4. The van der Waals surface area contributed by atoms with E-state index in [1.807, 2.05) is 0 Å². The zero-order valence-electron chi connectivity index (χ0n) is 7.10. The number of carboxylic acid groups (broad SMARTS) is 1. The number of carbonyl (C=O) groups is 5. The van der Waals surface area contributed by atoms with Crippen molar-refractivity contribution in [2.24, 2.45) is 0 Å². The normalized spacial score (nSPS) is 8.93. The molecular formula is C7H6O7. The summed E-state index contributed by atoms with van der Waals surface area (Å²) in [5, 5.41) is 8.07. The van der Waals surface area contributed by atoms with Crippen molar-refractivity contribution in [2.45, 2.75) is 13.3 Å². The summed E-state index contributed by atoms with van der Waals surface area (Å²) in [6.45, 7) is 0.870. The average molecular weight is 202 g/mol. The highest BCUT2D eigenvalue weighted by Gasteiger charge is 2.21. The molecule has 0 bridgehead atoms. The third kappa shape index (κ3) is 4.10. The van der Waals surface area contributed by atoms with E-state index in [-0.39, 0.29) is 0 Å². The van der Waals surface area contributed by atoms with Crippen LogP contribution < -0.4 is 0 Å². The predicted octanol–water partition coefficient (Wildman–Crippen LogP) is -1.31. The molecule has 7 heteroatoms. The van der Waals surface area contributed by atoms with Crippen LogP contribution in [-0.2, 0) is 28.7 Å².